The summed E-state index contributed by atoms with van der Waals surface area (Å²) >= 11 is 6.21. The zero-order chi connectivity index (χ0) is 20.3. The molecule has 3 rings (SSSR count). The van der Waals surface area contributed by atoms with Gasteiger partial charge in [-0.05, 0) is 48.1 Å². The summed E-state index contributed by atoms with van der Waals surface area (Å²) in [6.07, 6.45) is 1.55. The molecule has 2 aromatic carbocycles. The van der Waals surface area contributed by atoms with Gasteiger partial charge in [0.25, 0.3) is 17.5 Å². The number of ether oxygens (including phenoxy) is 1. The molecule has 142 valence electrons. The van der Waals surface area contributed by atoms with Crippen molar-refractivity contribution in [2.24, 2.45) is 0 Å². The van der Waals surface area contributed by atoms with Crippen LogP contribution in [0.4, 0.5) is 5.69 Å². The molecule has 1 fully saturated rings. The Bertz CT molecular complexity index is 1000. The van der Waals surface area contributed by atoms with E-state index in [4.69, 9.17) is 17.0 Å². The van der Waals surface area contributed by atoms with Crippen molar-refractivity contribution in [1.29, 1.82) is 0 Å². The first-order valence-electron chi connectivity index (χ1n) is 7.87. The Kier molecular flexibility index (Phi) is 5.71. The predicted octanol–water partition coefficient (Wildman–Crippen LogP) is 3.15. The van der Waals surface area contributed by atoms with E-state index in [1.54, 1.807) is 30.3 Å². The van der Waals surface area contributed by atoms with Crippen molar-refractivity contribution in [3.63, 3.8) is 0 Å². The molecule has 1 heterocycles. The van der Waals surface area contributed by atoms with Gasteiger partial charge in [-0.15, -0.1) is 0 Å². The molecule has 1 saturated heterocycles. The van der Waals surface area contributed by atoms with Gasteiger partial charge in [-0.1, -0.05) is 23.9 Å². The fourth-order valence-electron chi connectivity index (χ4n) is 2.40. The predicted molar refractivity (Wildman–Crippen MR) is 109 cm³/mol. The summed E-state index contributed by atoms with van der Waals surface area (Å²) in [5.74, 6) is -0.659. The number of thiocarbonyl (C=S) groups is 1. The third-order valence-corrected chi connectivity index (χ3v) is 5.06. The average molecular weight is 415 g/mol. The number of nitro benzene ring substituents is 1. The van der Waals surface area contributed by atoms with Gasteiger partial charge >= 0.3 is 0 Å². The van der Waals surface area contributed by atoms with Crippen molar-refractivity contribution in [3.8, 4) is 5.75 Å². The highest BCUT2D eigenvalue weighted by Gasteiger charge is 2.34. The fraction of sp³-hybridized carbons (Fsp3) is 0.0556. The van der Waals surface area contributed by atoms with Gasteiger partial charge in [0, 0.05) is 12.1 Å². The Labute approximate surface area is 169 Å². The number of methoxy groups -OCH3 is 1. The van der Waals surface area contributed by atoms with Gasteiger partial charge in [-0.3, -0.25) is 25.1 Å². The van der Waals surface area contributed by atoms with Crippen LogP contribution in [0.3, 0.4) is 0 Å². The second-order valence-corrected chi connectivity index (χ2v) is 7.18. The first kappa shape index (κ1) is 19.5. The van der Waals surface area contributed by atoms with E-state index >= 15 is 0 Å². The quantitative estimate of drug-likeness (QED) is 0.346. The summed E-state index contributed by atoms with van der Waals surface area (Å²) in [4.78, 5) is 35.6. The van der Waals surface area contributed by atoms with E-state index in [1.807, 2.05) is 0 Å². The van der Waals surface area contributed by atoms with Crippen molar-refractivity contribution in [1.82, 2.24) is 10.4 Å². The number of carbonyl (C=O) groups is 2. The van der Waals surface area contributed by atoms with E-state index < -0.39 is 16.7 Å². The molecule has 0 radical (unpaired) electrons. The van der Waals surface area contributed by atoms with Crippen LogP contribution in [-0.4, -0.2) is 33.2 Å². The van der Waals surface area contributed by atoms with Crippen molar-refractivity contribution < 1.29 is 19.2 Å². The normalized spacial score (nSPS) is 15.0. The summed E-state index contributed by atoms with van der Waals surface area (Å²) in [6, 6.07) is 12.3. The number of hydrazine groups is 1. The maximum absolute atomic E-state index is 12.6. The standard InChI is InChI=1S/C18H13N3O5S2/c1-26-14-5-3-2-4-13(14)16(22)19-20-17(23)15(28-18(20)27)10-11-6-8-12(9-7-11)21(24)25/h2-10H,1H3,(H,19,22)/b15-10-. The Morgan fingerprint density at radius 3 is 2.57 bits per heavy atom. The molecular weight excluding hydrogens is 402 g/mol. The molecule has 8 nitrogen and oxygen atoms in total. The SMILES string of the molecule is COc1ccccc1C(=O)NN1C(=O)/C(=C/c2ccc([N+](=O)[O-])cc2)SC1=S. The highest BCUT2D eigenvalue weighted by molar-refractivity contribution is 8.26. The molecule has 0 unspecified atom stereocenters. The minimum absolute atomic E-state index is 0.0474. The number of rotatable bonds is 5. The second-order valence-electron chi connectivity index (χ2n) is 5.51. The summed E-state index contributed by atoms with van der Waals surface area (Å²) in [5, 5.41) is 11.7. The van der Waals surface area contributed by atoms with Crippen LogP contribution in [0.2, 0.25) is 0 Å². The van der Waals surface area contributed by atoms with E-state index in [0.29, 0.717) is 16.2 Å². The summed E-state index contributed by atoms with van der Waals surface area (Å²) < 4.78 is 5.32. The Hall–Kier alpha value is -3.24. The summed E-state index contributed by atoms with van der Waals surface area (Å²) in [7, 11) is 1.44. The van der Waals surface area contributed by atoms with Gasteiger partial charge in [-0.2, -0.15) is 5.01 Å². The maximum atomic E-state index is 12.6. The average Bonchev–Trinajstić information content (AvgIpc) is 2.95. The van der Waals surface area contributed by atoms with Crippen LogP contribution in [0.1, 0.15) is 15.9 Å². The molecule has 0 aromatic heterocycles. The number of thioether (sulfide) groups is 1. The van der Waals surface area contributed by atoms with Gasteiger partial charge in [0.15, 0.2) is 4.32 Å². The zero-order valence-electron chi connectivity index (χ0n) is 14.4. The molecule has 0 saturated carbocycles. The molecule has 0 aliphatic carbocycles. The number of benzene rings is 2. The lowest BCUT2D eigenvalue weighted by Crippen LogP contribution is -2.44. The minimum Gasteiger partial charge on any atom is -0.496 e. The van der Waals surface area contributed by atoms with Gasteiger partial charge in [-0.25, -0.2) is 0 Å². The Balaban J connectivity index is 1.78. The lowest BCUT2D eigenvalue weighted by Gasteiger charge is -2.16. The van der Waals surface area contributed by atoms with Gasteiger partial charge in [0.05, 0.1) is 22.5 Å². The maximum Gasteiger partial charge on any atom is 0.285 e. The lowest BCUT2D eigenvalue weighted by molar-refractivity contribution is -0.384. The zero-order valence-corrected chi connectivity index (χ0v) is 16.1. The Morgan fingerprint density at radius 2 is 1.93 bits per heavy atom. The topological polar surface area (TPSA) is 102 Å². The molecule has 1 N–H and O–H groups in total. The lowest BCUT2D eigenvalue weighted by atomic mass is 10.2. The van der Waals surface area contributed by atoms with E-state index in [2.05, 4.69) is 5.43 Å². The molecule has 1 aliphatic heterocycles. The van der Waals surface area contributed by atoms with Gasteiger partial charge in [0.2, 0.25) is 0 Å². The highest BCUT2D eigenvalue weighted by Crippen LogP contribution is 2.32. The number of para-hydroxylation sites is 1. The number of carbonyl (C=O) groups excluding carboxylic acids is 2. The van der Waals surface area contributed by atoms with E-state index in [1.165, 1.54) is 31.4 Å². The Morgan fingerprint density at radius 1 is 1.25 bits per heavy atom. The van der Waals surface area contributed by atoms with Crippen molar-refractivity contribution in [2.45, 2.75) is 0 Å². The summed E-state index contributed by atoms with van der Waals surface area (Å²) in [6.45, 7) is 0. The van der Waals surface area contributed by atoms with E-state index in [0.717, 1.165) is 16.8 Å². The number of nitrogens with one attached hydrogen (secondary N) is 1. The summed E-state index contributed by atoms with van der Waals surface area (Å²) in [5.41, 5.74) is 3.30. The molecule has 28 heavy (non-hydrogen) atoms. The monoisotopic (exact) mass is 415 g/mol. The third-order valence-electron chi connectivity index (χ3n) is 3.76. The molecule has 1 aliphatic rings. The van der Waals surface area contributed by atoms with E-state index in [9.17, 15) is 19.7 Å². The van der Waals surface area contributed by atoms with Crippen LogP contribution in [-0.2, 0) is 4.79 Å². The van der Waals surface area contributed by atoms with Crippen LogP contribution in [0.15, 0.2) is 53.4 Å². The molecule has 2 amide bonds. The van der Waals surface area contributed by atoms with Crippen molar-refractivity contribution in [3.05, 3.63) is 74.7 Å². The molecule has 0 spiro atoms. The number of nitrogens with zero attached hydrogens (tertiary/aromatic N) is 2. The molecule has 0 atom stereocenters. The van der Waals surface area contributed by atoms with Gasteiger partial charge < -0.3 is 4.74 Å². The molecule has 10 heteroatoms. The number of non-ortho nitro benzene ring substituents is 1. The van der Waals surface area contributed by atoms with Crippen LogP contribution in [0, 0.1) is 10.1 Å². The first-order chi connectivity index (χ1) is 13.4. The van der Waals surface area contributed by atoms with Gasteiger partial charge in [0.1, 0.15) is 5.75 Å². The third kappa shape index (κ3) is 4.02. The number of amides is 2. The number of hydrogen-bond acceptors (Lipinski definition) is 7. The smallest absolute Gasteiger partial charge is 0.285 e. The number of hydrogen-bond donors (Lipinski definition) is 1. The van der Waals surface area contributed by atoms with Crippen LogP contribution in [0.25, 0.3) is 6.08 Å². The van der Waals surface area contributed by atoms with E-state index in [-0.39, 0.29) is 15.6 Å². The highest BCUT2D eigenvalue weighted by atomic mass is 32.2. The van der Waals surface area contributed by atoms with Crippen LogP contribution >= 0.6 is 24.0 Å². The fourth-order valence-corrected chi connectivity index (χ4v) is 3.58. The molecular formula is C18H13N3O5S2. The van der Waals surface area contributed by atoms with Crippen molar-refractivity contribution >= 4 is 51.9 Å². The second kappa shape index (κ2) is 8.19. The molecule has 2 aromatic rings. The number of nitro groups is 1. The molecule has 0 bridgehead atoms. The van der Waals surface area contributed by atoms with Crippen LogP contribution in [0.5, 0.6) is 5.75 Å². The minimum atomic E-state index is -0.537. The van der Waals surface area contributed by atoms with Crippen molar-refractivity contribution in [2.75, 3.05) is 7.11 Å². The van der Waals surface area contributed by atoms with Crippen LogP contribution < -0.4 is 10.2 Å². The largest absolute Gasteiger partial charge is 0.496 e. The first-order valence-corrected chi connectivity index (χ1v) is 9.09.